The second kappa shape index (κ2) is 4.39. The molecule has 1 saturated heterocycles. The molecule has 0 aromatic heterocycles. The second-order valence-corrected chi connectivity index (χ2v) is 4.92. The highest BCUT2D eigenvalue weighted by molar-refractivity contribution is 5.78. The Morgan fingerprint density at radius 3 is 3.13 bits per heavy atom. The molecular weight excluding hydrogens is 192 g/mol. The van der Waals surface area contributed by atoms with Crippen LogP contribution in [0.2, 0.25) is 0 Å². The lowest BCUT2D eigenvalue weighted by atomic mass is 9.91. The van der Waals surface area contributed by atoms with Crippen LogP contribution in [0.3, 0.4) is 0 Å². The highest BCUT2D eigenvalue weighted by Gasteiger charge is 2.41. The van der Waals surface area contributed by atoms with E-state index in [0.717, 1.165) is 44.9 Å². The van der Waals surface area contributed by atoms with Gasteiger partial charge in [0.25, 0.3) is 0 Å². The molecule has 1 unspecified atom stereocenters. The normalized spacial score (nSPS) is 30.5. The summed E-state index contributed by atoms with van der Waals surface area (Å²) >= 11 is 0. The van der Waals surface area contributed by atoms with Crippen LogP contribution >= 0.6 is 0 Å². The highest BCUT2D eigenvalue weighted by Crippen LogP contribution is 2.30. The molecule has 0 radical (unpaired) electrons. The molecule has 2 aliphatic heterocycles. The van der Waals surface area contributed by atoms with Crippen LogP contribution in [0.15, 0.2) is 5.16 Å². The minimum atomic E-state index is -0.107. The first-order chi connectivity index (χ1) is 7.20. The Morgan fingerprint density at radius 2 is 2.47 bits per heavy atom. The summed E-state index contributed by atoms with van der Waals surface area (Å²) in [7, 11) is 0. The third-order valence-corrected chi connectivity index (χ3v) is 2.83. The molecule has 1 atom stereocenters. The fourth-order valence-corrected chi connectivity index (χ4v) is 2.00. The molecule has 2 heterocycles. The zero-order valence-electron chi connectivity index (χ0n) is 9.58. The van der Waals surface area contributed by atoms with Gasteiger partial charge < -0.3 is 14.9 Å². The zero-order chi connectivity index (χ0) is 10.7. The molecule has 0 saturated carbocycles. The third kappa shape index (κ3) is 2.62. The summed E-state index contributed by atoms with van der Waals surface area (Å²) in [6, 6.07) is 0. The van der Waals surface area contributed by atoms with Gasteiger partial charge in [-0.1, -0.05) is 19.0 Å². The maximum absolute atomic E-state index is 5.59. The third-order valence-electron chi connectivity index (χ3n) is 2.83. The topological polar surface area (TPSA) is 42.9 Å². The van der Waals surface area contributed by atoms with Gasteiger partial charge in [-0.15, -0.1) is 0 Å². The lowest BCUT2D eigenvalue weighted by Crippen LogP contribution is -2.45. The molecule has 4 heteroatoms. The number of oxime groups is 1. The molecule has 1 N–H and O–H groups in total. The van der Waals surface area contributed by atoms with Crippen molar-refractivity contribution in [2.75, 3.05) is 19.7 Å². The Hall–Kier alpha value is -0.770. The number of hydrogen-bond donors (Lipinski definition) is 1. The van der Waals surface area contributed by atoms with Crippen molar-refractivity contribution in [3.05, 3.63) is 0 Å². The van der Waals surface area contributed by atoms with E-state index in [9.17, 15) is 0 Å². The molecule has 1 spiro atoms. The molecule has 4 nitrogen and oxygen atoms in total. The first-order valence-corrected chi connectivity index (χ1v) is 5.79. The summed E-state index contributed by atoms with van der Waals surface area (Å²) in [6.45, 7) is 6.98. The van der Waals surface area contributed by atoms with Crippen molar-refractivity contribution < 1.29 is 9.57 Å². The number of piperidine rings is 1. The number of ether oxygens (including phenoxy) is 1. The summed E-state index contributed by atoms with van der Waals surface area (Å²) in [6.07, 6.45) is 3.07. The van der Waals surface area contributed by atoms with Gasteiger partial charge in [0.1, 0.15) is 0 Å². The maximum atomic E-state index is 5.59. The molecule has 2 rings (SSSR count). The van der Waals surface area contributed by atoms with Crippen molar-refractivity contribution >= 4 is 5.90 Å². The van der Waals surface area contributed by atoms with E-state index in [-0.39, 0.29) is 5.60 Å². The number of nitrogens with one attached hydrogen (secondary N) is 1. The highest BCUT2D eigenvalue weighted by atomic mass is 16.7. The molecule has 15 heavy (non-hydrogen) atoms. The number of hydrogen-bond acceptors (Lipinski definition) is 4. The lowest BCUT2D eigenvalue weighted by Gasteiger charge is -2.30. The van der Waals surface area contributed by atoms with Crippen molar-refractivity contribution in [3.63, 3.8) is 0 Å². The van der Waals surface area contributed by atoms with Gasteiger partial charge in [-0.2, -0.15) is 0 Å². The van der Waals surface area contributed by atoms with Crippen LogP contribution in [0.5, 0.6) is 0 Å². The van der Waals surface area contributed by atoms with Crippen molar-refractivity contribution in [2.45, 2.75) is 38.7 Å². The smallest absolute Gasteiger partial charge is 0.229 e. The van der Waals surface area contributed by atoms with E-state index in [1.54, 1.807) is 0 Å². The van der Waals surface area contributed by atoms with Crippen molar-refractivity contribution in [1.29, 1.82) is 0 Å². The molecule has 86 valence electrons. The second-order valence-electron chi connectivity index (χ2n) is 4.92. The molecule has 0 aromatic rings. The monoisotopic (exact) mass is 212 g/mol. The summed E-state index contributed by atoms with van der Waals surface area (Å²) in [5, 5.41) is 7.39. The van der Waals surface area contributed by atoms with Crippen LogP contribution in [0.4, 0.5) is 0 Å². The quantitative estimate of drug-likeness (QED) is 0.754. The van der Waals surface area contributed by atoms with E-state index in [1.807, 2.05) is 0 Å². The van der Waals surface area contributed by atoms with Crippen LogP contribution < -0.4 is 5.32 Å². The standard InChI is InChI=1S/C11H20N2O2/c1-9(2)7-14-10-6-11(15-13-10)4-3-5-12-8-11/h9,12H,3-8H2,1-2H3. The fourth-order valence-electron chi connectivity index (χ4n) is 2.00. The maximum Gasteiger partial charge on any atom is 0.229 e. The predicted molar refractivity (Wildman–Crippen MR) is 58.8 cm³/mol. The largest absolute Gasteiger partial charge is 0.478 e. The molecular formula is C11H20N2O2. The Balaban J connectivity index is 1.81. The summed E-state index contributed by atoms with van der Waals surface area (Å²) < 4.78 is 5.59. The predicted octanol–water partition coefficient (Wildman–Crippen LogP) is 1.51. The van der Waals surface area contributed by atoms with Crippen LogP contribution in [0, 0.1) is 5.92 Å². The number of rotatable bonds is 2. The Kier molecular flexibility index (Phi) is 3.14. The van der Waals surface area contributed by atoms with Gasteiger partial charge in [0.05, 0.1) is 13.0 Å². The average molecular weight is 212 g/mol. The van der Waals surface area contributed by atoms with E-state index >= 15 is 0 Å². The van der Waals surface area contributed by atoms with Crippen molar-refractivity contribution in [3.8, 4) is 0 Å². The Labute approximate surface area is 91.0 Å². The Bertz CT molecular complexity index is 245. The van der Waals surface area contributed by atoms with Gasteiger partial charge >= 0.3 is 0 Å². The molecule has 1 fully saturated rings. The summed E-state index contributed by atoms with van der Waals surface area (Å²) in [5.74, 6) is 1.31. The van der Waals surface area contributed by atoms with E-state index in [0.29, 0.717) is 5.92 Å². The van der Waals surface area contributed by atoms with Gasteiger partial charge in [-0.05, 0) is 25.3 Å². The number of nitrogens with zero attached hydrogens (tertiary/aromatic N) is 1. The van der Waals surface area contributed by atoms with Gasteiger partial charge in [0, 0.05) is 6.54 Å². The van der Waals surface area contributed by atoms with E-state index < -0.39 is 0 Å². The average Bonchev–Trinajstić information content (AvgIpc) is 2.60. The summed E-state index contributed by atoms with van der Waals surface area (Å²) in [5.41, 5.74) is -0.107. The molecule has 0 bridgehead atoms. The van der Waals surface area contributed by atoms with Crippen LogP contribution in [0.1, 0.15) is 33.1 Å². The van der Waals surface area contributed by atoms with Crippen LogP contribution in [0.25, 0.3) is 0 Å². The first kappa shape index (κ1) is 10.7. The zero-order valence-corrected chi connectivity index (χ0v) is 9.58. The molecule has 0 amide bonds. The molecule has 0 aromatic carbocycles. The minimum Gasteiger partial charge on any atom is -0.478 e. The summed E-state index contributed by atoms with van der Waals surface area (Å²) in [4.78, 5) is 5.53. The van der Waals surface area contributed by atoms with Crippen LogP contribution in [-0.2, 0) is 9.57 Å². The Morgan fingerprint density at radius 1 is 1.60 bits per heavy atom. The lowest BCUT2D eigenvalue weighted by molar-refractivity contribution is -0.0347. The fraction of sp³-hybridized carbons (Fsp3) is 0.909. The van der Waals surface area contributed by atoms with Crippen molar-refractivity contribution in [2.24, 2.45) is 11.1 Å². The van der Waals surface area contributed by atoms with E-state index in [4.69, 9.17) is 9.57 Å². The van der Waals surface area contributed by atoms with Gasteiger partial charge in [0.15, 0.2) is 5.60 Å². The molecule has 2 aliphatic rings. The van der Waals surface area contributed by atoms with Gasteiger partial charge in [-0.25, -0.2) is 0 Å². The van der Waals surface area contributed by atoms with Crippen molar-refractivity contribution in [1.82, 2.24) is 5.32 Å². The SMILES string of the molecule is CC(C)COC1=NOC2(CCCNC2)C1. The molecule has 0 aliphatic carbocycles. The first-order valence-electron chi connectivity index (χ1n) is 5.79. The van der Waals surface area contributed by atoms with E-state index in [2.05, 4.69) is 24.3 Å². The van der Waals surface area contributed by atoms with Crippen LogP contribution in [-0.4, -0.2) is 31.2 Å². The minimum absolute atomic E-state index is 0.107. The van der Waals surface area contributed by atoms with E-state index in [1.165, 1.54) is 0 Å². The van der Waals surface area contributed by atoms with Gasteiger partial charge in [-0.3, -0.25) is 0 Å². The van der Waals surface area contributed by atoms with Gasteiger partial charge in [0.2, 0.25) is 5.90 Å².